The third-order valence-electron chi connectivity index (χ3n) is 4.55. The van der Waals surface area contributed by atoms with Crippen LogP contribution in [0.3, 0.4) is 0 Å². The molecule has 0 aromatic rings. The predicted molar refractivity (Wildman–Crippen MR) is 80.8 cm³/mol. The molecule has 0 bridgehead atoms. The summed E-state index contributed by atoms with van der Waals surface area (Å²) in [5.41, 5.74) is -0.411. The molecule has 1 heterocycles. The number of hydrogen-bond donors (Lipinski definition) is 1. The lowest BCUT2D eigenvalue weighted by atomic mass is 9.77. The van der Waals surface area contributed by atoms with Crippen LogP contribution in [0.25, 0.3) is 0 Å². The fraction of sp³-hybridized carbons (Fsp3) is 0.938. The standard InChI is InChI=1S/C16H30N2O2/c1-5-12-10-14(11-12)18-8-6-13(7-9-18)17-15(19)20-16(2,3)4/h12-14H,5-11H2,1-4H3,(H,17,19). The summed E-state index contributed by atoms with van der Waals surface area (Å²) in [6.07, 6.45) is 5.90. The van der Waals surface area contributed by atoms with Crippen molar-refractivity contribution in [2.75, 3.05) is 13.1 Å². The van der Waals surface area contributed by atoms with Crippen molar-refractivity contribution < 1.29 is 9.53 Å². The molecule has 1 N–H and O–H groups in total. The molecule has 1 aliphatic carbocycles. The minimum absolute atomic E-state index is 0.273. The molecule has 2 aliphatic rings. The Labute approximate surface area is 123 Å². The zero-order chi connectivity index (χ0) is 14.8. The first-order valence-corrected chi connectivity index (χ1v) is 8.11. The van der Waals surface area contributed by atoms with Crippen LogP contribution >= 0.6 is 0 Å². The molecule has 1 amide bonds. The van der Waals surface area contributed by atoms with E-state index >= 15 is 0 Å². The van der Waals surface area contributed by atoms with Crippen molar-refractivity contribution in [1.82, 2.24) is 10.2 Å². The first kappa shape index (κ1) is 15.6. The number of carbonyl (C=O) groups is 1. The summed E-state index contributed by atoms with van der Waals surface area (Å²) in [5, 5.41) is 3.00. The Morgan fingerprint density at radius 3 is 2.35 bits per heavy atom. The van der Waals surface area contributed by atoms with Gasteiger partial charge in [-0.05, 0) is 52.4 Å². The molecule has 4 nitrogen and oxygen atoms in total. The van der Waals surface area contributed by atoms with Gasteiger partial charge in [-0.15, -0.1) is 0 Å². The van der Waals surface area contributed by atoms with Gasteiger partial charge in [-0.3, -0.25) is 0 Å². The van der Waals surface area contributed by atoms with Crippen LogP contribution in [0.1, 0.15) is 59.8 Å². The van der Waals surface area contributed by atoms with Gasteiger partial charge in [0.15, 0.2) is 0 Å². The van der Waals surface area contributed by atoms with Gasteiger partial charge >= 0.3 is 6.09 Å². The van der Waals surface area contributed by atoms with E-state index in [1.807, 2.05) is 20.8 Å². The summed E-state index contributed by atoms with van der Waals surface area (Å²) in [6.45, 7) is 10.2. The summed E-state index contributed by atoms with van der Waals surface area (Å²) in [6, 6.07) is 1.09. The molecule has 0 spiro atoms. The summed E-state index contributed by atoms with van der Waals surface area (Å²) >= 11 is 0. The van der Waals surface area contributed by atoms with Crippen LogP contribution in [-0.2, 0) is 4.74 Å². The number of alkyl carbamates (subject to hydrolysis) is 1. The number of hydrogen-bond acceptors (Lipinski definition) is 3. The number of nitrogens with zero attached hydrogens (tertiary/aromatic N) is 1. The van der Waals surface area contributed by atoms with E-state index in [-0.39, 0.29) is 12.1 Å². The van der Waals surface area contributed by atoms with Gasteiger partial charge in [-0.2, -0.15) is 0 Å². The molecule has 116 valence electrons. The topological polar surface area (TPSA) is 41.6 Å². The first-order chi connectivity index (χ1) is 9.37. The van der Waals surface area contributed by atoms with E-state index in [2.05, 4.69) is 17.1 Å². The Hall–Kier alpha value is -0.770. The lowest BCUT2D eigenvalue weighted by molar-refractivity contribution is 0.0371. The molecule has 2 rings (SSSR count). The minimum Gasteiger partial charge on any atom is -0.444 e. The Balaban J connectivity index is 1.66. The van der Waals surface area contributed by atoms with Crippen LogP contribution in [0, 0.1) is 5.92 Å². The van der Waals surface area contributed by atoms with Crippen molar-refractivity contribution in [3.05, 3.63) is 0 Å². The van der Waals surface area contributed by atoms with E-state index in [0.717, 1.165) is 37.9 Å². The highest BCUT2D eigenvalue weighted by Gasteiger charge is 2.34. The Bertz CT molecular complexity index is 324. The van der Waals surface area contributed by atoms with Gasteiger partial charge in [0.1, 0.15) is 5.60 Å². The van der Waals surface area contributed by atoms with E-state index in [1.54, 1.807) is 0 Å². The van der Waals surface area contributed by atoms with Crippen LogP contribution in [0.2, 0.25) is 0 Å². The molecule has 4 heteroatoms. The van der Waals surface area contributed by atoms with Gasteiger partial charge in [-0.25, -0.2) is 4.79 Å². The smallest absolute Gasteiger partial charge is 0.407 e. The SMILES string of the molecule is CCC1CC(N2CCC(NC(=O)OC(C)(C)C)CC2)C1. The minimum atomic E-state index is -0.411. The highest BCUT2D eigenvalue weighted by Crippen LogP contribution is 2.35. The molecule has 1 saturated heterocycles. The third kappa shape index (κ3) is 4.37. The van der Waals surface area contributed by atoms with Gasteiger partial charge in [0.2, 0.25) is 0 Å². The van der Waals surface area contributed by atoms with E-state index in [4.69, 9.17) is 4.74 Å². The summed E-state index contributed by atoms with van der Waals surface area (Å²) in [4.78, 5) is 14.4. The van der Waals surface area contributed by atoms with E-state index in [9.17, 15) is 4.79 Å². The van der Waals surface area contributed by atoms with Gasteiger partial charge in [0.25, 0.3) is 0 Å². The fourth-order valence-electron chi connectivity index (χ4n) is 3.22. The number of likely N-dealkylation sites (tertiary alicyclic amines) is 1. The fourth-order valence-corrected chi connectivity index (χ4v) is 3.22. The van der Waals surface area contributed by atoms with Crippen LogP contribution < -0.4 is 5.32 Å². The maximum atomic E-state index is 11.7. The number of piperidine rings is 1. The van der Waals surface area contributed by atoms with Crippen molar-refractivity contribution >= 4 is 6.09 Å². The van der Waals surface area contributed by atoms with Crippen molar-refractivity contribution in [2.45, 2.75) is 77.5 Å². The molecule has 20 heavy (non-hydrogen) atoms. The molecule has 0 atom stereocenters. The average molecular weight is 282 g/mol. The van der Waals surface area contributed by atoms with E-state index in [0.29, 0.717) is 0 Å². The summed E-state index contributed by atoms with van der Waals surface area (Å²) in [5.74, 6) is 0.956. The number of amides is 1. The van der Waals surface area contributed by atoms with Crippen LogP contribution in [0.15, 0.2) is 0 Å². The lowest BCUT2D eigenvalue weighted by Gasteiger charge is -2.45. The normalized spacial score (nSPS) is 28.8. The molecule has 0 radical (unpaired) electrons. The molecule has 1 saturated carbocycles. The number of ether oxygens (including phenoxy) is 1. The third-order valence-corrected chi connectivity index (χ3v) is 4.55. The largest absolute Gasteiger partial charge is 0.444 e. The molecule has 1 aliphatic heterocycles. The van der Waals surface area contributed by atoms with Gasteiger partial charge in [0, 0.05) is 25.2 Å². The average Bonchev–Trinajstić information content (AvgIpc) is 2.27. The Kier molecular flexibility index (Phi) is 4.95. The van der Waals surface area contributed by atoms with Crippen LogP contribution in [0.4, 0.5) is 4.79 Å². The maximum Gasteiger partial charge on any atom is 0.407 e. The predicted octanol–water partition coefficient (Wildman–Crippen LogP) is 3.16. The van der Waals surface area contributed by atoms with Crippen molar-refractivity contribution in [2.24, 2.45) is 5.92 Å². The Morgan fingerprint density at radius 2 is 1.85 bits per heavy atom. The number of rotatable bonds is 3. The van der Waals surface area contributed by atoms with Crippen molar-refractivity contribution in [3.8, 4) is 0 Å². The summed E-state index contributed by atoms with van der Waals surface area (Å²) in [7, 11) is 0. The second kappa shape index (κ2) is 6.33. The zero-order valence-corrected chi connectivity index (χ0v) is 13.4. The first-order valence-electron chi connectivity index (χ1n) is 8.11. The summed E-state index contributed by atoms with van der Waals surface area (Å²) < 4.78 is 5.31. The highest BCUT2D eigenvalue weighted by atomic mass is 16.6. The Morgan fingerprint density at radius 1 is 1.25 bits per heavy atom. The zero-order valence-electron chi connectivity index (χ0n) is 13.4. The van der Waals surface area contributed by atoms with E-state index < -0.39 is 5.60 Å². The lowest BCUT2D eigenvalue weighted by Crippen LogP contribution is -2.52. The molecular formula is C16H30N2O2. The van der Waals surface area contributed by atoms with Gasteiger partial charge in [-0.1, -0.05) is 13.3 Å². The van der Waals surface area contributed by atoms with Crippen molar-refractivity contribution in [3.63, 3.8) is 0 Å². The van der Waals surface area contributed by atoms with Crippen LogP contribution in [0.5, 0.6) is 0 Å². The van der Waals surface area contributed by atoms with E-state index in [1.165, 1.54) is 19.3 Å². The maximum absolute atomic E-state index is 11.7. The number of carbonyl (C=O) groups excluding carboxylic acids is 1. The highest BCUT2D eigenvalue weighted by molar-refractivity contribution is 5.68. The monoisotopic (exact) mass is 282 g/mol. The van der Waals surface area contributed by atoms with Crippen LogP contribution in [-0.4, -0.2) is 41.8 Å². The van der Waals surface area contributed by atoms with Gasteiger partial charge in [0.05, 0.1) is 0 Å². The molecule has 0 unspecified atom stereocenters. The quantitative estimate of drug-likeness (QED) is 0.864. The molecule has 0 aromatic carbocycles. The molecule has 0 aromatic heterocycles. The van der Waals surface area contributed by atoms with Gasteiger partial charge < -0.3 is 15.0 Å². The molecule has 2 fully saturated rings. The second-order valence-electron chi connectivity index (χ2n) is 7.36. The van der Waals surface area contributed by atoms with Crippen molar-refractivity contribution in [1.29, 1.82) is 0 Å². The molecular weight excluding hydrogens is 252 g/mol. The number of nitrogens with one attached hydrogen (secondary N) is 1. The second-order valence-corrected chi connectivity index (χ2v) is 7.36.